The van der Waals surface area contributed by atoms with Gasteiger partial charge < -0.3 is 5.11 Å². The second-order valence-corrected chi connectivity index (χ2v) is 5.57. The highest BCUT2D eigenvalue weighted by atomic mass is 35.5. The number of rotatable bonds is 5. The van der Waals surface area contributed by atoms with Crippen LogP contribution in [0.15, 0.2) is 18.2 Å². The van der Waals surface area contributed by atoms with Gasteiger partial charge in [-0.15, -0.1) is 0 Å². The Hall–Kier alpha value is -1.38. The summed E-state index contributed by atoms with van der Waals surface area (Å²) in [5.74, 6) is -1.97. The lowest BCUT2D eigenvalue weighted by atomic mass is 10.3. The molecule has 0 aromatic heterocycles. The summed E-state index contributed by atoms with van der Waals surface area (Å²) in [6.07, 6.45) is 0. The monoisotopic (exact) mass is 296 g/mol. The van der Waals surface area contributed by atoms with Gasteiger partial charge in [-0.2, -0.15) is 12.7 Å². The maximum atomic E-state index is 12.9. The number of hydrogen-bond donors (Lipinski definition) is 2. The molecular weight excluding hydrogens is 287 g/mol. The van der Waals surface area contributed by atoms with Crippen LogP contribution >= 0.6 is 11.6 Å². The quantitative estimate of drug-likeness (QED) is 0.853. The first kappa shape index (κ1) is 14.7. The second kappa shape index (κ2) is 5.51. The van der Waals surface area contributed by atoms with E-state index in [9.17, 15) is 17.6 Å². The predicted octanol–water partition coefficient (Wildman–Crippen LogP) is 1.15. The number of nitrogens with one attached hydrogen (secondary N) is 1. The van der Waals surface area contributed by atoms with E-state index in [2.05, 4.69) is 4.72 Å². The Labute approximate surface area is 108 Å². The van der Waals surface area contributed by atoms with Crippen molar-refractivity contribution in [1.29, 1.82) is 0 Å². The standard InChI is InChI=1S/C9H10ClFN2O4S/c1-13(5-9(14)15)18(16,17)12-6-2-3-8(11)7(10)4-6/h2-4,12H,5H2,1H3,(H,14,15). The van der Waals surface area contributed by atoms with E-state index in [-0.39, 0.29) is 10.7 Å². The first-order valence-corrected chi connectivity index (χ1v) is 6.45. The molecule has 0 bridgehead atoms. The molecule has 100 valence electrons. The smallest absolute Gasteiger partial charge is 0.318 e. The first-order chi connectivity index (χ1) is 8.22. The molecule has 1 aromatic carbocycles. The molecule has 0 radical (unpaired) electrons. The maximum Gasteiger partial charge on any atom is 0.318 e. The number of halogens is 2. The van der Waals surface area contributed by atoms with Crippen molar-refractivity contribution in [2.75, 3.05) is 18.3 Å². The van der Waals surface area contributed by atoms with Gasteiger partial charge in [-0.1, -0.05) is 11.6 Å². The van der Waals surface area contributed by atoms with Gasteiger partial charge in [0.05, 0.1) is 10.7 Å². The summed E-state index contributed by atoms with van der Waals surface area (Å²) in [6, 6.07) is 3.26. The van der Waals surface area contributed by atoms with Crippen LogP contribution in [-0.4, -0.2) is 37.4 Å². The Morgan fingerprint density at radius 1 is 1.56 bits per heavy atom. The van der Waals surface area contributed by atoms with Crippen molar-refractivity contribution >= 4 is 33.5 Å². The molecule has 0 saturated heterocycles. The van der Waals surface area contributed by atoms with Crippen molar-refractivity contribution in [3.05, 3.63) is 29.0 Å². The molecule has 0 unspecified atom stereocenters. The summed E-state index contributed by atoms with van der Waals surface area (Å²) in [5.41, 5.74) is 0.0404. The van der Waals surface area contributed by atoms with Crippen LogP contribution in [-0.2, 0) is 15.0 Å². The molecule has 0 aliphatic carbocycles. The average Bonchev–Trinajstić information content (AvgIpc) is 2.22. The van der Waals surface area contributed by atoms with Crippen molar-refractivity contribution in [2.24, 2.45) is 0 Å². The van der Waals surface area contributed by atoms with Crippen LogP contribution in [0.25, 0.3) is 0 Å². The van der Waals surface area contributed by atoms with E-state index in [1.807, 2.05) is 0 Å². The molecule has 1 aromatic rings. The molecule has 0 heterocycles. The Morgan fingerprint density at radius 2 is 2.17 bits per heavy atom. The number of carboxylic acid groups (broad SMARTS) is 1. The van der Waals surface area contributed by atoms with Crippen molar-refractivity contribution in [2.45, 2.75) is 0 Å². The molecule has 1 rings (SSSR count). The van der Waals surface area contributed by atoms with Crippen LogP contribution in [0.3, 0.4) is 0 Å². The van der Waals surface area contributed by atoms with Crippen LogP contribution in [0.2, 0.25) is 5.02 Å². The summed E-state index contributed by atoms with van der Waals surface area (Å²) in [4.78, 5) is 10.4. The molecule has 0 amide bonds. The van der Waals surface area contributed by atoms with E-state index >= 15 is 0 Å². The van der Waals surface area contributed by atoms with Crippen molar-refractivity contribution in [3.8, 4) is 0 Å². The number of carboxylic acids is 1. The topological polar surface area (TPSA) is 86.7 Å². The highest BCUT2D eigenvalue weighted by Crippen LogP contribution is 2.20. The summed E-state index contributed by atoms with van der Waals surface area (Å²) in [5, 5.41) is 8.25. The average molecular weight is 297 g/mol. The van der Waals surface area contributed by atoms with Crippen molar-refractivity contribution < 1.29 is 22.7 Å². The highest BCUT2D eigenvalue weighted by molar-refractivity contribution is 7.90. The van der Waals surface area contributed by atoms with Crippen LogP contribution in [0, 0.1) is 5.82 Å². The molecule has 2 N–H and O–H groups in total. The predicted molar refractivity (Wildman–Crippen MR) is 64.2 cm³/mol. The van der Waals surface area contributed by atoms with Gasteiger partial charge in [-0.05, 0) is 18.2 Å². The molecular formula is C9H10ClFN2O4S. The zero-order valence-corrected chi connectivity index (χ0v) is 10.8. The van der Waals surface area contributed by atoms with Crippen LogP contribution in [0.4, 0.5) is 10.1 Å². The minimum atomic E-state index is -4.02. The van der Waals surface area contributed by atoms with Gasteiger partial charge in [0, 0.05) is 7.05 Å². The van der Waals surface area contributed by atoms with E-state index in [0.717, 1.165) is 19.2 Å². The van der Waals surface area contributed by atoms with Crippen LogP contribution in [0.5, 0.6) is 0 Å². The minimum absolute atomic E-state index is 0.0404. The van der Waals surface area contributed by atoms with E-state index < -0.39 is 28.5 Å². The first-order valence-electron chi connectivity index (χ1n) is 4.63. The molecule has 0 atom stereocenters. The minimum Gasteiger partial charge on any atom is -0.480 e. The van der Waals surface area contributed by atoms with Gasteiger partial charge in [0.15, 0.2) is 0 Å². The molecule has 0 aliphatic rings. The Morgan fingerprint density at radius 3 is 2.67 bits per heavy atom. The third-order valence-corrected chi connectivity index (χ3v) is 3.67. The third-order valence-electron chi connectivity index (χ3n) is 1.93. The fourth-order valence-corrected chi connectivity index (χ4v) is 2.10. The highest BCUT2D eigenvalue weighted by Gasteiger charge is 2.20. The summed E-state index contributed by atoms with van der Waals surface area (Å²) in [7, 11) is -2.92. The number of benzene rings is 1. The zero-order chi connectivity index (χ0) is 13.9. The van der Waals surface area contributed by atoms with Gasteiger partial charge in [0.25, 0.3) is 0 Å². The number of anilines is 1. The molecule has 0 aliphatic heterocycles. The fraction of sp³-hybridized carbons (Fsp3) is 0.222. The lowest BCUT2D eigenvalue weighted by Gasteiger charge is -2.16. The molecule has 0 saturated carbocycles. The van der Waals surface area contributed by atoms with Gasteiger partial charge in [0.2, 0.25) is 0 Å². The molecule has 9 heteroatoms. The third kappa shape index (κ3) is 3.83. The number of carbonyl (C=O) groups is 1. The van der Waals surface area contributed by atoms with Crippen molar-refractivity contribution in [3.63, 3.8) is 0 Å². The van der Waals surface area contributed by atoms with Crippen LogP contribution < -0.4 is 4.72 Å². The summed E-state index contributed by atoms with van der Waals surface area (Å²) >= 11 is 5.49. The van der Waals surface area contributed by atoms with E-state index in [1.54, 1.807) is 0 Å². The molecule has 18 heavy (non-hydrogen) atoms. The number of likely N-dealkylation sites (N-methyl/N-ethyl adjacent to an activating group) is 1. The van der Waals surface area contributed by atoms with Crippen molar-refractivity contribution in [1.82, 2.24) is 4.31 Å². The van der Waals surface area contributed by atoms with Gasteiger partial charge in [0.1, 0.15) is 12.4 Å². The number of aliphatic carboxylic acids is 1. The van der Waals surface area contributed by atoms with E-state index in [1.165, 1.54) is 6.07 Å². The molecule has 6 nitrogen and oxygen atoms in total. The number of hydrogen-bond acceptors (Lipinski definition) is 3. The van der Waals surface area contributed by atoms with Gasteiger partial charge >= 0.3 is 16.2 Å². The van der Waals surface area contributed by atoms with E-state index in [0.29, 0.717) is 4.31 Å². The molecule has 0 fully saturated rings. The van der Waals surface area contributed by atoms with E-state index in [4.69, 9.17) is 16.7 Å². The normalized spacial score (nSPS) is 11.6. The SMILES string of the molecule is CN(CC(=O)O)S(=O)(=O)Nc1ccc(F)c(Cl)c1. The number of nitrogens with zero attached hydrogens (tertiary/aromatic N) is 1. The van der Waals surface area contributed by atoms with Gasteiger partial charge in [-0.3, -0.25) is 9.52 Å². The maximum absolute atomic E-state index is 12.9. The van der Waals surface area contributed by atoms with Crippen LogP contribution in [0.1, 0.15) is 0 Å². The fourth-order valence-electron chi connectivity index (χ4n) is 1.06. The Bertz CT molecular complexity index is 564. The Balaban J connectivity index is 2.88. The lowest BCUT2D eigenvalue weighted by molar-refractivity contribution is -0.137. The zero-order valence-electron chi connectivity index (χ0n) is 9.22. The largest absolute Gasteiger partial charge is 0.480 e. The summed E-state index contributed by atoms with van der Waals surface area (Å²) < 4.78 is 38.8. The lowest BCUT2D eigenvalue weighted by Crippen LogP contribution is -2.36. The summed E-state index contributed by atoms with van der Waals surface area (Å²) in [6.45, 7) is -0.690. The second-order valence-electron chi connectivity index (χ2n) is 3.39. The molecule has 0 spiro atoms. The van der Waals surface area contributed by atoms with Gasteiger partial charge in [-0.25, -0.2) is 4.39 Å². The Kier molecular flexibility index (Phi) is 4.49.